The summed E-state index contributed by atoms with van der Waals surface area (Å²) in [5.74, 6) is -0.340. The van der Waals surface area contributed by atoms with E-state index in [1.165, 1.54) is 28.1 Å². The second-order valence-corrected chi connectivity index (χ2v) is 10.3. The van der Waals surface area contributed by atoms with Crippen LogP contribution in [0.2, 0.25) is 5.02 Å². The number of sulfonamides is 1. The van der Waals surface area contributed by atoms with E-state index in [-0.39, 0.29) is 26.8 Å². The summed E-state index contributed by atoms with van der Waals surface area (Å²) in [5, 5.41) is 3.22. The van der Waals surface area contributed by atoms with Gasteiger partial charge in [0, 0.05) is 25.0 Å². The standard InChI is InChI=1S/C22H25ClN2O3S/c23-20-10-9-18(29(27,28)25-13-5-2-6-14-25)15-19(20)21(26)24-16-22(11-12-22)17-7-3-1-4-8-17/h1,3-4,7-10,15H,2,5-6,11-14,16H2,(H,24,26). The molecule has 2 fully saturated rings. The summed E-state index contributed by atoms with van der Waals surface area (Å²) in [6, 6.07) is 14.5. The lowest BCUT2D eigenvalue weighted by Crippen LogP contribution is -2.36. The minimum absolute atomic E-state index is 0.0269. The van der Waals surface area contributed by atoms with E-state index in [1.54, 1.807) is 0 Å². The van der Waals surface area contributed by atoms with Gasteiger partial charge < -0.3 is 5.32 Å². The molecule has 1 heterocycles. The normalized spacial score (nSPS) is 18.9. The molecule has 2 aliphatic rings. The van der Waals surface area contributed by atoms with Crippen LogP contribution in [0, 0.1) is 0 Å². The Hall–Kier alpha value is -1.89. The first-order valence-electron chi connectivity index (χ1n) is 10.1. The van der Waals surface area contributed by atoms with Gasteiger partial charge in [0.25, 0.3) is 5.91 Å². The molecule has 0 atom stereocenters. The van der Waals surface area contributed by atoms with Crippen molar-refractivity contribution >= 4 is 27.5 Å². The Balaban J connectivity index is 1.51. The summed E-state index contributed by atoms with van der Waals surface area (Å²) >= 11 is 6.24. The monoisotopic (exact) mass is 432 g/mol. The Morgan fingerprint density at radius 3 is 2.38 bits per heavy atom. The topological polar surface area (TPSA) is 66.5 Å². The van der Waals surface area contributed by atoms with E-state index in [0.29, 0.717) is 19.6 Å². The van der Waals surface area contributed by atoms with Gasteiger partial charge in [-0.2, -0.15) is 4.31 Å². The van der Waals surface area contributed by atoms with Crippen molar-refractivity contribution in [3.63, 3.8) is 0 Å². The first-order chi connectivity index (χ1) is 13.9. The summed E-state index contributed by atoms with van der Waals surface area (Å²) in [7, 11) is -3.61. The predicted molar refractivity (Wildman–Crippen MR) is 114 cm³/mol. The molecule has 1 aliphatic heterocycles. The molecule has 0 unspecified atom stereocenters. The number of carbonyl (C=O) groups is 1. The molecule has 0 spiro atoms. The van der Waals surface area contributed by atoms with Gasteiger partial charge in [-0.25, -0.2) is 8.42 Å². The second-order valence-electron chi connectivity index (χ2n) is 7.94. The third-order valence-electron chi connectivity index (χ3n) is 5.96. The number of nitrogens with zero attached hydrogens (tertiary/aromatic N) is 1. The molecule has 0 aromatic heterocycles. The zero-order chi connectivity index (χ0) is 20.5. The summed E-state index contributed by atoms with van der Waals surface area (Å²) in [6.07, 6.45) is 4.82. The Morgan fingerprint density at radius 2 is 1.72 bits per heavy atom. The lowest BCUT2D eigenvalue weighted by Gasteiger charge is -2.26. The maximum Gasteiger partial charge on any atom is 0.252 e. The van der Waals surface area contributed by atoms with Gasteiger partial charge in [0.15, 0.2) is 0 Å². The number of benzene rings is 2. The van der Waals surface area contributed by atoms with Crippen molar-refractivity contribution in [1.29, 1.82) is 0 Å². The van der Waals surface area contributed by atoms with Crippen LogP contribution < -0.4 is 5.32 Å². The quantitative estimate of drug-likeness (QED) is 0.750. The maximum atomic E-state index is 12.9. The number of piperidine rings is 1. The van der Waals surface area contributed by atoms with E-state index >= 15 is 0 Å². The fraction of sp³-hybridized carbons (Fsp3) is 0.409. The number of amides is 1. The van der Waals surface area contributed by atoms with Crippen molar-refractivity contribution in [2.75, 3.05) is 19.6 Å². The molecule has 2 aromatic carbocycles. The van der Waals surface area contributed by atoms with Crippen LogP contribution in [0.15, 0.2) is 53.4 Å². The van der Waals surface area contributed by atoms with Crippen LogP contribution in [0.1, 0.15) is 48.0 Å². The summed E-state index contributed by atoms with van der Waals surface area (Å²) in [4.78, 5) is 12.9. The lowest BCUT2D eigenvalue weighted by atomic mass is 9.96. The number of carbonyl (C=O) groups excluding carboxylic acids is 1. The highest BCUT2D eigenvalue weighted by atomic mass is 35.5. The third kappa shape index (κ3) is 4.20. The molecule has 7 heteroatoms. The molecular formula is C22H25ClN2O3S. The van der Waals surface area contributed by atoms with E-state index in [4.69, 9.17) is 11.6 Å². The Bertz CT molecular complexity index is 998. The molecule has 4 rings (SSSR count). The Kier molecular flexibility index (Phi) is 5.69. The minimum Gasteiger partial charge on any atom is -0.351 e. The first kappa shape index (κ1) is 20.4. The van der Waals surface area contributed by atoms with Gasteiger partial charge >= 0.3 is 0 Å². The van der Waals surface area contributed by atoms with Gasteiger partial charge in [-0.15, -0.1) is 0 Å². The van der Waals surface area contributed by atoms with Crippen molar-refractivity contribution in [3.8, 4) is 0 Å². The zero-order valence-electron chi connectivity index (χ0n) is 16.2. The highest BCUT2D eigenvalue weighted by Gasteiger charge is 2.44. The molecule has 1 saturated heterocycles. The molecule has 5 nitrogen and oxygen atoms in total. The SMILES string of the molecule is O=C(NCC1(c2ccccc2)CC1)c1cc(S(=O)(=O)N2CCCCC2)ccc1Cl. The molecule has 1 N–H and O–H groups in total. The van der Waals surface area contributed by atoms with Gasteiger partial charge in [-0.05, 0) is 49.4 Å². The van der Waals surface area contributed by atoms with Gasteiger partial charge in [0.05, 0.1) is 15.5 Å². The number of rotatable bonds is 6. The summed E-state index contributed by atoms with van der Waals surface area (Å²) < 4.78 is 27.4. The maximum absolute atomic E-state index is 12.9. The molecule has 0 radical (unpaired) electrons. The number of nitrogens with one attached hydrogen (secondary N) is 1. The van der Waals surface area contributed by atoms with Crippen LogP contribution in [-0.2, 0) is 15.4 Å². The fourth-order valence-corrected chi connectivity index (χ4v) is 5.70. The van der Waals surface area contributed by atoms with Gasteiger partial charge in [0.1, 0.15) is 0 Å². The van der Waals surface area contributed by atoms with E-state index in [0.717, 1.165) is 32.1 Å². The fourth-order valence-electron chi connectivity index (χ4n) is 3.95. The van der Waals surface area contributed by atoms with E-state index in [9.17, 15) is 13.2 Å². The smallest absolute Gasteiger partial charge is 0.252 e. The van der Waals surface area contributed by atoms with Crippen LogP contribution in [-0.4, -0.2) is 38.3 Å². The van der Waals surface area contributed by atoms with E-state index < -0.39 is 10.0 Å². The van der Waals surface area contributed by atoms with Crippen molar-refractivity contribution in [2.45, 2.75) is 42.4 Å². The molecule has 1 amide bonds. The van der Waals surface area contributed by atoms with Gasteiger partial charge in [-0.3, -0.25) is 4.79 Å². The second kappa shape index (κ2) is 8.09. The molecule has 1 saturated carbocycles. The summed E-state index contributed by atoms with van der Waals surface area (Å²) in [6.45, 7) is 1.55. The molecule has 2 aromatic rings. The van der Waals surface area contributed by atoms with Crippen LogP contribution in [0.5, 0.6) is 0 Å². The van der Waals surface area contributed by atoms with Crippen LogP contribution in [0.4, 0.5) is 0 Å². The first-order valence-corrected chi connectivity index (χ1v) is 11.9. The van der Waals surface area contributed by atoms with Crippen LogP contribution in [0.25, 0.3) is 0 Å². The number of hydrogen-bond donors (Lipinski definition) is 1. The molecule has 29 heavy (non-hydrogen) atoms. The Labute approximate surface area is 177 Å². The van der Waals surface area contributed by atoms with Crippen molar-refractivity contribution in [3.05, 3.63) is 64.7 Å². The third-order valence-corrected chi connectivity index (χ3v) is 8.19. The average molecular weight is 433 g/mol. The van der Waals surface area contributed by atoms with Gasteiger partial charge in [0.2, 0.25) is 10.0 Å². The zero-order valence-corrected chi connectivity index (χ0v) is 17.8. The largest absolute Gasteiger partial charge is 0.351 e. The predicted octanol–water partition coefficient (Wildman–Crippen LogP) is 3.98. The van der Waals surface area contributed by atoms with Crippen LogP contribution in [0.3, 0.4) is 0 Å². The lowest BCUT2D eigenvalue weighted by molar-refractivity contribution is 0.0949. The average Bonchev–Trinajstić information content (AvgIpc) is 3.55. The van der Waals surface area contributed by atoms with E-state index in [1.807, 2.05) is 18.2 Å². The van der Waals surface area contributed by atoms with Crippen molar-refractivity contribution < 1.29 is 13.2 Å². The number of hydrogen-bond acceptors (Lipinski definition) is 3. The van der Waals surface area contributed by atoms with Crippen molar-refractivity contribution in [1.82, 2.24) is 9.62 Å². The number of halogens is 1. The van der Waals surface area contributed by atoms with E-state index in [2.05, 4.69) is 17.4 Å². The molecule has 0 bridgehead atoms. The van der Waals surface area contributed by atoms with Crippen LogP contribution >= 0.6 is 11.6 Å². The highest BCUT2D eigenvalue weighted by Crippen LogP contribution is 2.47. The van der Waals surface area contributed by atoms with Crippen molar-refractivity contribution in [2.24, 2.45) is 0 Å². The highest BCUT2D eigenvalue weighted by molar-refractivity contribution is 7.89. The molecule has 1 aliphatic carbocycles. The molecule has 154 valence electrons. The van der Waals surface area contributed by atoms with Gasteiger partial charge in [-0.1, -0.05) is 48.4 Å². The summed E-state index contributed by atoms with van der Waals surface area (Å²) in [5.41, 5.74) is 1.39. The molecular weight excluding hydrogens is 408 g/mol. The minimum atomic E-state index is -3.61. The Morgan fingerprint density at radius 1 is 1.03 bits per heavy atom.